The molecule has 117 heavy (non-hydrogen) atoms. The van der Waals surface area contributed by atoms with Gasteiger partial charge in [-0.1, -0.05) is 42.8 Å². The van der Waals surface area contributed by atoms with Crippen LogP contribution in [0.15, 0.2) is 155 Å². The minimum Gasteiger partial charge on any atom is -0.497 e. The van der Waals surface area contributed by atoms with Crippen LogP contribution in [-0.4, -0.2) is 149 Å². The Labute approximate surface area is 702 Å². The summed E-state index contributed by atoms with van der Waals surface area (Å²) in [5, 5.41) is 14.4. The van der Waals surface area contributed by atoms with Crippen LogP contribution in [0.3, 0.4) is 0 Å². The number of ether oxygens (including phenoxy) is 7. The molecule has 5 aliphatic heterocycles. The molecule has 16 rings (SSSR count). The third-order valence-corrected chi connectivity index (χ3v) is 23.1. The minimum absolute atomic E-state index is 0. The summed E-state index contributed by atoms with van der Waals surface area (Å²) in [5.74, 6) is 9.41. The predicted molar refractivity (Wildman–Crippen MR) is 484 cm³/mol. The topological polar surface area (TPSA) is 306 Å². The standard InChI is InChI=1S/C24H28N2O5S.C19H20N2O3S.2C12H14N2O.C10H17NO3.C7H10N2O.CH4.ClH.H6P4/c1-16-6-9-18(10-7-16)32(28,29)26-21-11-8-17(30-5)14-19(21)20-15-25(13-12-22(20)26)23(27)31-24(2,3)4;1-13-3-6-15(7-4-13)25(22,23)21-18-8-5-14(24-2)11-16(18)17-12-20-10-9-19(17)21;2*1-15-8-2-3-11-9(6-8)10-7-13-5-4-12(10)14-11;1-10(2,3)14-9(13)11-6-4-8(12)5-7-11;1-10-7-4-2-6(9-8)3-5-7;;;1-4(2)3/h6-11,14H,12-13,15H2,1-5H3;3-8,11,20H,9-10,12H2,1-2H3;2*2-3,6,13-14H,4-5,7H2,1H3;4-7H2,1-3H3;2-5,9H,8H2,1H3;1H4;1H;1-3H2. The molecular formula is C85H114ClN11O14P4S2. The lowest BCUT2D eigenvalue weighted by atomic mass is 10.0. The molecule has 11 aromatic rings. The largest absolute Gasteiger partial charge is 0.497 e. The van der Waals surface area contributed by atoms with Crippen LogP contribution in [0.5, 0.6) is 28.7 Å². The highest BCUT2D eigenvalue weighted by molar-refractivity contribution is 8.65. The van der Waals surface area contributed by atoms with Crippen molar-refractivity contribution >= 4 is 133 Å². The number of nitrogens with two attached hydrogens (primary N) is 1. The number of fused-ring (bicyclic) bond motifs is 12. The molecule has 9 heterocycles. The van der Waals surface area contributed by atoms with E-state index in [0.717, 1.165) is 113 Å². The van der Waals surface area contributed by atoms with Gasteiger partial charge in [0.15, 0.2) is 0 Å². The Kier molecular flexibility index (Phi) is 33.7. The Morgan fingerprint density at radius 2 is 0.812 bits per heavy atom. The third-order valence-electron chi connectivity index (χ3n) is 19.6. The molecular weight excluding hydrogens is 1620 g/mol. The number of carbonyl (C=O) groups is 3. The molecule has 2 amide bonds. The number of amides is 2. The van der Waals surface area contributed by atoms with Gasteiger partial charge in [-0.3, -0.25) is 10.6 Å². The molecule has 0 bridgehead atoms. The molecule has 32 heteroatoms. The number of aromatic amines is 2. The fraction of sp³-hybridized carbons (Fsp3) is 0.376. The number of Topliss-reactive ketones (excluding diaryl/α,β-unsaturated/α-hetero) is 1. The van der Waals surface area contributed by atoms with Gasteiger partial charge < -0.3 is 74.3 Å². The molecule has 4 aromatic heterocycles. The van der Waals surface area contributed by atoms with E-state index in [2.05, 4.69) is 82.4 Å². The summed E-state index contributed by atoms with van der Waals surface area (Å²) in [7, 11) is 8.70. The van der Waals surface area contributed by atoms with E-state index in [1.54, 1.807) is 93.9 Å². The molecule has 7 aromatic carbocycles. The van der Waals surface area contributed by atoms with Crippen LogP contribution in [0.2, 0.25) is 0 Å². The summed E-state index contributed by atoms with van der Waals surface area (Å²) < 4.78 is 93.9. The van der Waals surface area contributed by atoms with Crippen LogP contribution < -0.4 is 50.9 Å². The zero-order chi connectivity index (χ0) is 83.1. The van der Waals surface area contributed by atoms with Crippen LogP contribution in [-0.2, 0) is 86.2 Å². The summed E-state index contributed by atoms with van der Waals surface area (Å²) >= 11 is 0. The van der Waals surface area contributed by atoms with Crippen LogP contribution in [0.25, 0.3) is 43.6 Å². The summed E-state index contributed by atoms with van der Waals surface area (Å²) in [6.07, 6.45) is 3.45. The number of aryl methyl sites for hydroxylation is 2. The number of carbonyl (C=O) groups excluding carboxylic acids is 3. The van der Waals surface area contributed by atoms with Crippen LogP contribution in [0, 0.1) is 13.8 Å². The second-order valence-electron chi connectivity index (χ2n) is 30.0. The first kappa shape index (κ1) is 94.0. The predicted octanol–water partition coefficient (Wildman–Crippen LogP) is 16.4. The van der Waals surface area contributed by atoms with E-state index in [1.165, 1.54) is 52.3 Å². The number of halogens is 1. The number of nitrogen functional groups attached to an aromatic ring is 1. The smallest absolute Gasteiger partial charge is 0.410 e. The summed E-state index contributed by atoms with van der Waals surface area (Å²) in [4.78, 5) is 45.8. The first-order valence-corrected chi connectivity index (χ1v) is 47.0. The first-order chi connectivity index (χ1) is 54.8. The quantitative estimate of drug-likeness (QED) is 0.0380. The highest BCUT2D eigenvalue weighted by Gasteiger charge is 2.35. The first-order valence-electron chi connectivity index (χ1n) is 37.9. The fourth-order valence-electron chi connectivity index (χ4n) is 13.9. The van der Waals surface area contributed by atoms with Crippen molar-refractivity contribution in [1.29, 1.82) is 0 Å². The van der Waals surface area contributed by atoms with Crippen molar-refractivity contribution in [2.75, 3.05) is 80.2 Å². The SMILES string of the molecule is C.CC(C)(C)OC(=O)N1CCC(=O)CC1.COc1ccc(NN)cc1.COc1ccc2[nH]c3c(c2c1)CNCC3.COc1ccc2[nH]c3c(c2c1)CNCC3.COc1ccc2c(c1)c1c(n2S(=O)(=O)c2ccc(C)cc2)CCN(C(=O)OC(C)(C)C)C1.COc1ccc2c(c1)c1c(n2S(=O)(=O)c2ccc(C)cc2)CCNC1.Cl.PP(P)P. The molecule has 1 saturated heterocycles. The molecule has 3 unspecified atom stereocenters. The van der Waals surface area contributed by atoms with Crippen LogP contribution in [0.4, 0.5) is 15.3 Å². The summed E-state index contributed by atoms with van der Waals surface area (Å²) in [5.41, 5.74) is 17.0. The van der Waals surface area contributed by atoms with E-state index in [4.69, 9.17) is 39.0 Å². The number of nitrogens with zero attached hydrogens (tertiary/aromatic N) is 4. The second kappa shape index (κ2) is 41.9. The van der Waals surface area contributed by atoms with Crippen LogP contribution in [0.1, 0.15) is 118 Å². The number of hydrogen-bond donors (Lipinski definition) is 7. The van der Waals surface area contributed by atoms with Gasteiger partial charge in [0, 0.05) is 164 Å². The van der Waals surface area contributed by atoms with Crippen molar-refractivity contribution in [3.05, 3.63) is 202 Å². The highest BCUT2D eigenvalue weighted by atomic mass is 35.5. The Hall–Kier alpha value is -8.54. The number of hydrogen-bond acceptors (Lipinski definition) is 19. The monoisotopic (exact) mass is 1740 g/mol. The lowest BCUT2D eigenvalue weighted by Gasteiger charge is -2.30. The van der Waals surface area contributed by atoms with Crippen molar-refractivity contribution in [3.8, 4) is 28.7 Å². The molecule has 0 radical (unpaired) electrons. The normalized spacial score (nSPS) is 14.2. The lowest BCUT2D eigenvalue weighted by molar-refractivity contribution is -0.121. The van der Waals surface area contributed by atoms with Gasteiger partial charge in [0.05, 0.1) is 62.9 Å². The van der Waals surface area contributed by atoms with Crippen molar-refractivity contribution < 1.29 is 64.4 Å². The average molecular weight is 1740 g/mol. The molecule has 25 nitrogen and oxygen atoms in total. The molecule has 1 fully saturated rings. The fourth-order valence-corrected chi connectivity index (χ4v) is 17.1. The minimum atomic E-state index is -3.83. The molecule has 8 N–H and O–H groups in total. The summed E-state index contributed by atoms with van der Waals surface area (Å²) in [6, 6.07) is 44.5. The Morgan fingerprint density at radius 3 is 1.21 bits per heavy atom. The van der Waals surface area contributed by atoms with Gasteiger partial charge in [0.2, 0.25) is 0 Å². The molecule has 0 aliphatic carbocycles. The van der Waals surface area contributed by atoms with Crippen molar-refractivity contribution in [3.63, 3.8) is 0 Å². The van der Waals surface area contributed by atoms with Gasteiger partial charge in [-0.25, -0.2) is 34.4 Å². The maximum atomic E-state index is 13.7. The van der Waals surface area contributed by atoms with E-state index in [1.807, 2.05) is 128 Å². The zero-order valence-electron chi connectivity index (χ0n) is 68.2. The van der Waals surface area contributed by atoms with Crippen molar-refractivity contribution in [1.82, 2.24) is 43.7 Å². The van der Waals surface area contributed by atoms with Gasteiger partial charge in [0.1, 0.15) is 45.7 Å². The number of H-pyrrole nitrogens is 2. The lowest BCUT2D eigenvalue weighted by Crippen LogP contribution is -2.41. The molecule has 632 valence electrons. The number of methoxy groups -OCH3 is 5. The van der Waals surface area contributed by atoms with Gasteiger partial charge >= 0.3 is 12.2 Å². The molecule has 3 atom stereocenters. The Morgan fingerprint density at radius 1 is 0.462 bits per heavy atom. The number of anilines is 1. The second-order valence-corrected chi connectivity index (χ2v) is 45.2. The Balaban J connectivity index is 0.000000180. The maximum Gasteiger partial charge on any atom is 0.410 e. The summed E-state index contributed by atoms with van der Waals surface area (Å²) in [6.45, 7) is 22.1. The van der Waals surface area contributed by atoms with Gasteiger partial charge in [0.25, 0.3) is 20.0 Å². The number of benzene rings is 7. The molecule has 0 spiro atoms. The number of likely N-dealkylation sites (tertiary alicyclic amines) is 1. The van der Waals surface area contributed by atoms with E-state index >= 15 is 0 Å². The van der Waals surface area contributed by atoms with Gasteiger partial charge in [-0.2, -0.15) is 0 Å². The Bertz CT molecular complexity index is 5330. The number of rotatable bonds is 10. The number of hydrazine groups is 1. The number of piperidine rings is 1. The van der Waals surface area contributed by atoms with Crippen molar-refractivity contribution in [2.45, 2.75) is 149 Å². The van der Waals surface area contributed by atoms with Gasteiger partial charge in [-0.05, 0) is 200 Å². The molecule has 0 saturated carbocycles. The van der Waals surface area contributed by atoms with Crippen LogP contribution >= 0.6 is 46.2 Å². The highest BCUT2D eigenvalue weighted by Crippen LogP contribution is 2.60. The van der Waals surface area contributed by atoms with E-state index in [-0.39, 0.29) is 50.1 Å². The van der Waals surface area contributed by atoms with Crippen molar-refractivity contribution in [2.24, 2.45) is 5.84 Å². The van der Waals surface area contributed by atoms with E-state index in [9.17, 15) is 31.2 Å². The third kappa shape index (κ3) is 23.9. The number of nitrogens with one attached hydrogen (secondary N) is 6. The maximum absolute atomic E-state index is 13.7. The molecule has 5 aliphatic rings. The van der Waals surface area contributed by atoms with E-state index < -0.39 is 37.3 Å². The zero-order valence-corrected chi connectivity index (χ0v) is 75.0. The average Bonchev–Trinajstić information content (AvgIpc) is 1.59. The van der Waals surface area contributed by atoms with E-state index in [0.29, 0.717) is 79.2 Å². The number of ketones is 1. The van der Waals surface area contributed by atoms with Gasteiger partial charge in [-0.15, -0.1) is 39.2 Å². The number of aromatic nitrogens is 4.